The van der Waals surface area contributed by atoms with Crippen LogP contribution in [0.25, 0.3) is 0 Å². The summed E-state index contributed by atoms with van der Waals surface area (Å²) >= 11 is 0. The molecule has 1 heterocycles. The Morgan fingerprint density at radius 2 is 1.67 bits per heavy atom. The highest BCUT2D eigenvalue weighted by Crippen LogP contribution is 2.06. The molecule has 7 nitrogen and oxygen atoms in total. The lowest BCUT2D eigenvalue weighted by Crippen LogP contribution is -2.48. The fraction of sp³-hybridized carbons (Fsp3) is 0.500. The number of amides is 1. The summed E-state index contributed by atoms with van der Waals surface area (Å²) in [6.45, 7) is 5.28. The standard InChI is InChI=1S/C14H20N2O5/c1-5-20-13(18)11(14(19)21-6-2)15-12(17)10-8-7-9(3)16(10)4/h7-8,11H,5-6H2,1-4H3,(H,15,17). The Balaban J connectivity index is 2.90. The molecule has 0 aliphatic carbocycles. The average Bonchev–Trinajstić information content (AvgIpc) is 2.76. The van der Waals surface area contributed by atoms with Crippen molar-refractivity contribution in [3.05, 3.63) is 23.5 Å². The Labute approximate surface area is 123 Å². The first-order valence-corrected chi connectivity index (χ1v) is 6.68. The topological polar surface area (TPSA) is 86.6 Å². The number of carbonyl (C=O) groups excluding carboxylic acids is 3. The quantitative estimate of drug-likeness (QED) is 0.612. The van der Waals surface area contributed by atoms with Gasteiger partial charge in [-0.1, -0.05) is 0 Å². The number of hydrogen-bond acceptors (Lipinski definition) is 5. The zero-order valence-corrected chi connectivity index (χ0v) is 12.6. The smallest absolute Gasteiger partial charge is 0.340 e. The van der Waals surface area contributed by atoms with E-state index in [0.29, 0.717) is 5.69 Å². The van der Waals surface area contributed by atoms with Gasteiger partial charge in [0.05, 0.1) is 13.2 Å². The average molecular weight is 296 g/mol. The summed E-state index contributed by atoms with van der Waals surface area (Å²) in [6.07, 6.45) is 0. The maximum absolute atomic E-state index is 12.2. The van der Waals surface area contributed by atoms with E-state index < -0.39 is 23.9 Å². The molecule has 7 heteroatoms. The van der Waals surface area contributed by atoms with E-state index in [2.05, 4.69) is 5.32 Å². The number of nitrogens with zero attached hydrogens (tertiary/aromatic N) is 1. The Bertz CT molecular complexity index is 517. The van der Waals surface area contributed by atoms with E-state index in [4.69, 9.17) is 9.47 Å². The predicted molar refractivity (Wildman–Crippen MR) is 74.7 cm³/mol. The van der Waals surface area contributed by atoms with Crippen LogP contribution in [0.4, 0.5) is 0 Å². The summed E-state index contributed by atoms with van der Waals surface area (Å²) in [5.41, 5.74) is 1.22. The number of esters is 2. The fourth-order valence-electron chi connectivity index (χ4n) is 1.71. The minimum Gasteiger partial charge on any atom is -0.464 e. The van der Waals surface area contributed by atoms with Gasteiger partial charge in [-0.15, -0.1) is 0 Å². The highest BCUT2D eigenvalue weighted by Gasteiger charge is 2.32. The Hall–Kier alpha value is -2.31. The number of aromatic nitrogens is 1. The largest absolute Gasteiger partial charge is 0.464 e. The number of nitrogens with one attached hydrogen (secondary N) is 1. The van der Waals surface area contributed by atoms with Gasteiger partial charge in [0.2, 0.25) is 6.04 Å². The molecule has 0 saturated carbocycles. The number of hydrogen-bond donors (Lipinski definition) is 1. The van der Waals surface area contributed by atoms with E-state index in [-0.39, 0.29) is 13.2 Å². The lowest BCUT2D eigenvalue weighted by molar-refractivity contribution is -0.157. The van der Waals surface area contributed by atoms with Crippen molar-refractivity contribution in [2.45, 2.75) is 26.8 Å². The van der Waals surface area contributed by atoms with Crippen molar-refractivity contribution in [3.63, 3.8) is 0 Å². The van der Waals surface area contributed by atoms with E-state index in [0.717, 1.165) is 5.69 Å². The molecular formula is C14H20N2O5. The van der Waals surface area contributed by atoms with Crippen molar-refractivity contribution in [1.29, 1.82) is 0 Å². The Morgan fingerprint density at radius 1 is 1.14 bits per heavy atom. The van der Waals surface area contributed by atoms with Crippen LogP contribution in [-0.2, 0) is 26.1 Å². The van der Waals surface area contributed by atoms with Gasteiger partial charge < -0.3 is 19.4 Å². The van der Waals surface area contributed by atoms with Gasteiger partial charge in [0.25, 0.3) is 5.91 Å². The third kappa shape index (κ3) is 4.08. The first kappa shape index (κ1) is 16.7. The van der Waals surface area contributed by atoms with Crippen molar-refractivity contribution < 1.29 is 23.9 Å². The van der Waals surface area contributed by atoms with Gasteiger partial charge in [-0.2, -0.15) is 0 Å². The Kier molecular flexibility index (Phi) is 5.95. The maximum Gasteiger partial charge on any atom is 0.340 e. The van der Waals surface area contributed by atoms with E-state index in [1.165, 1.54) is 0 Å². The number of aryl methyl sites for hydroxylation is 1. The van der Waals surface area contributed by atoms with Gasteiger partial charge in [-0.05, 0) is 32.9 Å². The molecule has 21 heavy (non-hydrogen) atoms. The SMILES string of the molecule is CCOC(=O)C(NC(=O)c1ccc(C)n1C)C(=O)OCC. The molecule has 1 rings (SSSR count). The van der Waals surface area contributed by atoms with Crippen LogP contribution >= 0.6 is 0 Å². The zero-order valence-electron chi connectivity index (χ0n) is 12.6. The molecule has 116 valence electrons. The first-order chi connectivity index (χ1) is 9.92. The third-order valence-corrected chi connectivity index (χ3v) is 2.93. The third-order valence-electron chi connectivity index (χ3n) is 2.93. The number of rotatable bonds is 6. The summed E-state index contributed by atoms with van der Waals surface area (Å²) in [5.74, 6) is -2.22. The molecule has 0 saturated heterocycles. The van der Waals surface area contributed by atoms with E-state index in [9.17, 15) is 14.4 Å². The fourth-order valence-corrected chi connectivity index (χ4v) is 1.71. The van der Waals surface area contributed by atoms with Gasteiger partial charge in [-0.25, -0.2) is 9.59 Å². The molecular weight excluding hydrogens is 276 g/mol. The predicted octanol–water partition coefficient (Wildman–Crippen LogP) is 0.558. The molecule has 0 radical (unpaired) electrons. The van der Waals surface area contributed by atoms with Gasteiger partial charge in [0.15, 0.2) is 0 Å². The molecule has 0 atom stereocenters. The van der Waals surface area contributed by atoms with Gasteiger partial charge in [0, 0.05) is 12.7 Å². The van der Waals surface area contributed by atoms with Crippen molar-refractivity contribution in [2.24, 2.45) is 7.05 Å². The summed E-state index contributed by atoms with van der Waals surface area (Å²) in [6, 6.07) is 1.91. The second-order valence-corrected chi connectivity index (χ2v) is 4.33. The molecule has 0 aliphatic rings. The lowest BCUT2D eigenvalue weighted by atomic mass is 10.2. The second kappa shape index (κ2) is 7.47. The second-order valence-electron chi connectivity index (χ2n) is 4.33. The van der Waals surface area contributed by atoms with Crippen LogP contribution in [0.1, 0.15) is 30.0 Å². The summed E-state index contributed by atoms with van der Waals surface area (Å²) < 4.78 is 11.2. The van der Waals surface area contributed by atoms with Crippen LogP contribution in [0.5, 0.6) is 0 Å². The van der Waals surface area contributed by atoms with Crippen molar-refractivity contribution in [2.75, 3.05) is 13.2 Å². The summed E-state index contributed by atoms with van der Waals surface area (Å²) in [5, 5.41) is 2.35. The Morgan fingerprint density at radius 3 is 2.05 bits per heavy atom. The molecule has 0 spiro atoms. The van der Waals surface area contributed by atoms with Crippen LogP contribution in [0.2, 0.25) is 0 Å². The molecule has 0 fully saturated rings. The number of ether oxygens (including phenoxy) is 2. The van der Waals surface area contributed by atoms with Gasteiger partial charge in [-0.3, -0.25) is 4.79 Å². The van der Waals surface area contributed by atoms with Crippen molar-refractivity contribution >= 4 is 17.8 Å². The number of carbonyl (C=O) groups is 3. The molecule has 0 aliphatic heterocycles. The lowest BCUT2D eigenvalue weighted by Gasteiger charge is -2.16. The summed E-state index contributed by atoms with van der Waals surface area (Å²) in [7, 11) is 1.72. The highest BCUT2D eigenvalue weighted by atomic mass is 16.6. The van der Waals surface area contributed by atoms with Crippen LogP contribution in [-0.4, -0.2) is 41.7 Å². The van der Waals surface area contributed by atoms with E-state index in [1.807, 2.05) is 6.92 Å². The van der Waals surface area contributed by atoms with Crippen LogP contribution < -0.4 is 5.32 Å². The monoisotopic (exact) mass is 296 g/mol. The summed E-state index contributed by atoms with van der Waals surface area (Å²) in [4.78, 5) is 35.7. The normalized spacial score (nSPS) is 10.3. The minimum absolute atomic E-state index is 0.105. The first-order valence-electron chi connectivity index (χ1n) is 6.68. The molecule has 0 bridgehead atoms. The molecule has 1 N–H and O–H groups in total. The zero-order chi connectivity index (χ0) is 16.0. The molecule has 1 aromatic rings. The molecule has 1 aromatic heterocycles. The highest BCUT2D eigenvalue weighted by molar-refractivity contribution is 6.05. The van der Waals surface area contributed by atoms with E-state index in [1.54, 1.807) is 37.6 Å². The van der Waals surface area contributed by atoms with Crippen LogP contribution in [0.15, 0.2) is 12.1 Å². The van der Waals surface area contributed by atoms with E-state index >= 15 is 0 Å². The molecule has 1 amide bonds. The molecule has 0 aromatic carbocycles. The molecule has 0 unspecified atom stereocenters. The van der Waals surface area contributed by atoms with Gasteiger partial charge >= 0.3 is 11.9 Å². The van der Waals surface area contributed by atoms with Crippen molar-refractivity contribution in [3.8, 4) is 0 Å². The van der Waals surface area contributed by atoms with Crippen LogP contribution in [0.3, 0.4) is 0 Å². The van der Waals surface area contributed by atoms with Gasteiger partial charge in [0.1, 0.15) is 5.69 Å². The maximum atomic E-state index is 12.2. The van der Waals surface area contributed by atoms with Crippen molar-refractivity contribution in [1.82, 2.24) is 9.88 Å². The van der Waals surface area contributed by atoms with Crippen LogP contribution in [0, 0.1) is 6.92 Å². The minimum atomic E-state index is -1.47.